The van der Waals surface area contributed by atoms with Crippen LogP contribution in [0.3, 0.4) is 0 Å². The number of fused-ring (bicyclic) bond motifs is 1. The Morgan fingerprint density at radius 3 is 2.50 bits per heavy atom. The number of hydrogen-bond acceptors (Lipinski definition) is 7. The molecule has 2 fully saturated rings. The number of anilines is 1. The summed E-state index contributed by atoms with van der Waals surface area (Å²) in [5, 5.41) is 0.743. The summed E-state index contributed by atoms with van der Waals surface area (Å²) in [6.07, 6.45) is 3.17. The van der Waals surface area contributed by atoms with Crippen LogP contribution in [-0.4, -0.2) is 60.8 Å². The van der Waals surface area contributed by atoms with E-state index in [9.17, 15) is 4.79 Å². The molecule has 2 saturated heterocycles. The predicted molar refractivity (Wildman–Crippen MR) is 105 cm³/mol. The summed E-state index contributed by atoms with van der Waals surface area (Å²) in [7, 11) is 3.18. The summed E-state index contributed by atoms with van der Waals surface area (Å²) in [4.78, 5) is 23.7. The van der Waals surface area contributed by atoms with Crippen LogP contribution >= 0.6 is 0 Å². The lowest BCUT2D eigenvalue weighted by molar-refractivity contribution is -0.142. The fraction of sp³-hybridized carbons (Fsp3) is 0.550. The molecule has 2 aliphatic rings. The van der Waals surface area contributed by atoms with Crippen LogP contribution in [0.2, 0.25) is 0 Å². The minimum Gasteiger partial charge on any atom is -0.493 e. The molecule has 8 heteroatoms. The molecule has 2 N–H and O–H groups in total. The molecule has 0 aliphatic carbocycles. The minimum atomic E-state index is -0.258. The van der Waals surface area contributed by atoms with Gasteiger partial charge in [-0.25, -0.2) is 9.97 Å². The van der Waals surface area contributed by atoms with Gasteiger partial charge in [0, 0.05) is 37.1 Å². The molecule has 1 aromatic heterocycles. The molecular weight excluding hydrogens is 360 g/mol. The molecule has 3 heterocycles. The third kappa shape index (κ3) is 3.44. The number of carbonyl (C=O) groups is 1. The first-order valence-electron chi connectivity index (χ1n) is 9.70. The first kappa shape index (κ1) is 18.7. The highest BCUT2D eigenvalue weighted by atomic mass is 16.5. The van der Waals surface area contributed by atoms with Gasteiger partial charge in [-0.15, -0.1) is 0 Å². The van der Waals surface area contributed by atoms with E-state index in [1.54, 1.807) is 20.3 Å². The first-order chi connectivity index (χ1) is 13.6. The van der Waals surface area contributed by atoms with Gasteiger partial charge in [-0.05, 0) is 31.7 Å². The number of aromatic nitrogens is 2. The van der Waals surface area contributed by atoms with Crippen molar-refractivity contribution in [3.8, 4) is 11.5 Å². The zero-order chi connectivity index (χ0) is 19.7. The third-order valence-corrected chi connectivity index (χ3v) is 5.62. The number of likely N-dealkylation sites (tertiary alicyclic amines) is 1. The van der Waals surface area contributed by atoms with E-state index in [0.29, 0.717) is 37.0 Å². The molecule has 1 unspecified atom stereocenters. The Kier molecular flexibility index (Phi) is 5.21. The molecule has 1 aromatic carbocycles. The smallest absolute Gasteiger partial charge is 0.251 e. The van der Waals surface area contributed by atoms with Crippen molar-refractivity contribution in [2.45, 2.75) is 37.7 Å². The fourth-order valence-electron chi connectivity index (χ4n) is 4.01. The molecule has 4 rings (SSSR count). The Labute approximate surface area is 164 Å². The molecule has 1 amide bonds. The number of nitrogens with zero attached hydrogens (tertiary/aromatic N) is 3. The molecule has 0 bridgehead atoms. The van der Waals surface area contributed by atoms with Gasteiger partial charge in [0.15, 0.2) is 11.5 Å². The SMILES string of the molecule is COc1cc2nc(C3CCN(C(=O)C4CCCO4)CC3)nc(N)c2cc1OC. The number of piperidine rings is 1. The van der Waals surface area contributed by atoms with Crippen LogP contribution in [-0.2, 0) is 9.53 Å². The van der Waals surface area contributed by atoms with Gasteiger partial charge in [0.05, 0.1) is 19.7 Å². The molecule has 0 saturated carbocycles. The number of ether oxygens (including phenoxy) is 3. The summed E-state index contributed by atoms with van der Waals surface area (Å²) in [6.45, 7) is 2.07. The zero-order valence-electron chi connectivity index (χ0n) is 16.3. The van der Waals surface area contributed by atoms with Gasteiger partial charge in [0.25, 0.3) is 5.91 Å². The van der Waals surface area contributed by atoms with Crippen LogP contribution in [0.5, 0.6) is 11.5 Å². The average molecular weight is 386 g/mol. The largest absolute Gasteiger partial charge is 0.493 e. The number of hydrogen-bond donors (Lipinski definition) is 1. The summed E-state index contributed by atoms with van der Waals surface area (Å²) in [5.74, 6) is 2.65. The van der Waals surface area contributed by atoms with E-state index in [0.717, 1.165) is 42.4 Å². The second-order valence-electron chi connectivity index (χ2n) is 7.29. The van der Waals surface area contributed by atoms with Gasteiger partial charge < -0.3 is 24.8 Å². The number of nitrogens with two attached hydrogens (primary N) is 1. The van der Waals surface area contributed by atoms with Crippen molar-refractivity contribution in [1.82, 2.24) is 14.9 Å². The topological polar surface area (TPSA) is 99.8 Å². The Balaban J connectivity index is 1.52. The Morgan fingerprint density at radius 1 is 1.14 bits per heavy atom. The lowest BCUT2D eigenvalue weighted by atomic mass is 9.95. The first-order valence-corrected chi connectivity index (χ1v) is 9.70. The zero-order valence-corrected chi connectivity index (χ0v) is 16.3. The van der Waals surface area contributed by atoms with E-state index in [1.165, 1.54) is 0 Å². The molecule has 2 aromatic rings. The maximum absolute atomic E-state index is 12.5. The monoisotopic (exact) mass is 386 g/mol. The highest BCUT2D eigenvalue weighted by Crippen LogP contribution is 2.35. The van der Waals surface area contributed by atoms with Gasteiger partial charge in [0.1, 0.15) is 17.7 Å². The normalized spacial score (nSPS) is 20.5. The maximum atomic E-state index is 12.5. The maximum Gasteiger partial charge on any atom is 0.251 e. The number of methoxy groups -OCH3 is 2. The molecule has 0 radical (unpaired) electrons. The fourth-order valence-corrected chi connectivity index (χ4v) is 4.01. The van der Waals surface area contributed by atoms with E-state index in [2.05, 4.69) is 4.98 Å². The van der Waals surface area contributed by atoms with Crippen LogP contribution in [0, 0.1) is 0 Å². The minimum absolute atomic E-state index is 0.117. The molecule has 8 nitrogen and oxygen atoms in total. The molecule has 0 spiro atoms. The lowest BCUT2D eigenvalue weighted by Crippen LogP contribution is -2.43. The number of rotatable bonds is 4. The molecule has 150 valence electrons. The summed E-state index contributed by atoms with van der Waals surface area (Å²) < 4.78 is 16.2. The van der Waals surface area contributed by atoms with Gasteiger partial charge in [-0.3, -0.25) is 4.79 Å². The Morgan fingerprint density at radius 2 is 1.86 bits per heavy atom. The van der Waals surface area contributed by atoms with Gasteiger partial charge >= 0.3 is 0 Å². The Bertz CT molecular complexity index is 874. The van der Waals surface area contributed by atoms with E-state index in [1.807, 2.05) is 11.0 Å². The van der Waals surface area contributed by atoms with Crippen molar-refractivity contribution >= 4 is 22.6 Å². The third-order valence-electron chi connectivity index (χ3n) is 5.62. The van der Waals surface area contributed by atoms with Crippen molar-refractivity contribution < 1.29 is 19.0 Å². The van der Waals surface area contributed by atoms with E-state index in [4.69, 9.17) is 24.9 Å². The van der Waals surface area contributed by atoms with Crippen molar-refractivity contribution in [2.75, 3.05) is 39.6 Å². The van der Waals surface area contributed by atoms with Crippen molar-refractivity contribution in [2.24, 2.45) is 0 Å². The molecular formula is C20H26N4O4. The highest BCUT2D eigenvalue weighted by Gasteiger charge is 2.32. The summed E-state index contributed by atoms with van der Waals surface area (Å²) >= 11 is 0. The summed E-state index contributed by atoms with van der Waals surface area (Å²) in [5.41, 5.74) is 6.94. The Hall–Kier alpha value is -2.61. The number of carbonyl (C=O) groups excluding carboxylic acids is 1. The number of amides is 1. The van der Waals surface area contributed by atoms with Gasteiger partial charge in [-0.1, -0.05) is 0 Å². The summed E-state index contributed by atoms with van der Waals surface area (Å²) in [6, 6.07) is 3.63. The van der Waals surface area contributed by atoms with Crippen LogP contribution < -0.4 is 15.2 Å². The van der Waals surface area contributed by atoms with Crippen molar-refractivity contribution in [3.05, 3.63) is 18.0 Å². The van der Waals surface area contributed by atoms with E-state index >= 15 is 0 Å². The van der Waals surface area contributed by atoms with Gasteiger partial charge in [0.2, 0.25) is 0 Å². The molecule has 28 heavy (non-hydrogen) atoms. The van der Waals surface area contributed by atoms with E-state index in [-0.39, 0.29) is 17.9 Å². The quantitative estimate of drug-likeness (QED) is 0.859. The van der Waals surface area contributed by atoms with Crippen molar-refractivity contribution in [1.29, 1.82) is 0 Å². The number of benzene rings is 1. The second-order valence-corrected chi connectivity index (χ2v) is 7.29. The standard InChI is InChI=1S/C20H26N4O4/c1-26-16-10-13-14(11-17(16)27-2)22-19(23-18(13)21)12-5-7-24(8-6-12)20(25)15-4-3-9-28-15/h10-12,15H,3-9H2,1-2H3,(H2,21,22,23). The van der Waals surface area contributed by atoms with Crippen LogP contribution in [0.15, 0.2) is 12.1 Å². The second kappa shape index (κ2) is 7.79. The van der Waals surface area contributed by atoms with Crippen LogP contribution in [0.4, 0.5) is 5.82 Å². The molecule has 1 atom stereocenters. The van der Waals surface area contributed by atoms with E-state index < -0.39 is 0 Å². The van der Waals surface area contributed by atoms with Crippen LogP contribution in [0.1, 0.15) is 37.4 Å². The number of nitrogen functional groups attached to an aromatic ring is 1. The predicted octanol–water partition coefficient (Wildman–Crippen LogP) is 2.11. The van der Waals surface area contributed by atoms with Crippen molar-refractivity contribution in [3.63, 3.8) is 0 Å². The highest BCUT2D eigenvalue weighted by molar-refractivity contribution is 5.90. The average Bonchev–Trinajstić information content (AvgIpc) is 3.27. The lowest BCUT2D eigenvalue weighted by Gasteiger charge is -2.32. The van der Waals surface area contributed by atoms with Crippen LogP contribution in [0.25, 0.3) is 10.9 Å². The molecule has 2 aliphatic heterocycles. The van der Waals surface area contributed by atoms with Gasteiger partial charge in [-0.2, -0.15) is 0 Å².